The molecule has 1 aromatic heterocycles. The van der Waals surface area contributed by atoms with Gasteiger partial charge in [-0.1, -0.05) is 6.92 Å². The number of nitrogens with one attached hydrogen (secondary N) is 3. The number of carbonyl (C=O) groups is 3. The Kier molecular flexibility index (Phi) is 5.70. The topological polar surface area (TPSA) is 124 Å². The lowest BCUT2D eigenvalue weighted by atomic mass is 10.2. The second-order valence-corrected chi connectivity index (χ2v) is 4.31. The summed E-state index contributed by atoms with van der Waals surface area (Å²) in [6, 6.07) is 0.0863. The number of rotatable bonds is 7. The van der Waals surface area contributed by atoms with Crippen molar-refractivity contribution in [1.29, 1.82) is 0 Å². The predicted molar refractivity (Wildman–Crippen MR) is 70.4 cm³/mol. The van der Waals surface area contributed by atoms with Crippen LogP contribution >= 0.6 is 0 Å². The molecule has 8 heteroatoms. The van der Waals surface area contributed by atoms with Crippen LogP contribution in [0.25, 0.3) is 0 Å². The molecule has 0 fully saturated rings. The van der Waals surface area contributed by atoms with Gasteiger partial charge >= 0.3 is 5.97 Å². The van der Waals surface area contributed by atoms with Gasteiger partial charge in [-0.25, -0.2) is 9.78 Å². The molecule has 0 radical (unpaired) electrons. The summed E-state index contributed by atoms with van der Waals surface area (Å²) in [5.74, 6) is -2.05. The number of amides is 2. The van der Waals surface area contributed by atoms with Gasteiger partial charge in [0.15, 0.2) is 11.4 Å². The molecule has 20 heavy (non-hydrogen) atoms. The molecule has 1 unspecified atom stereocenters. The quantitative estimate of drug-likeness (QED) is 0.566. The van der Waals surface area contributed by atoms with E-state index in [0.717, 1.165) is 12.7 Å². The van der Waals surface area contributed by atoms with Crippen LogP contribution in [0.15, 0.2) is 6.33 Å². The molecule has 0 aliphatic carbocycles. The second-order valence-electron chi connectivity index (χ2n) is 4.31. The van der Waals surface area contributed by atoms with E-state index in [1.807, 2.05) is 13.8 Å². The molecular weight excluding hydrogens is 264 g/mol. The molecule has 1 aromatic rings. The largest absolute Gasteiger partial charge is 0.477 e. The minimum atomic E-state index is -1.26. The molecule has 4 N–H and O–H groups in total. The number of aromatic amines is 1. The molecule has 0 spiro atoms. The van der Waals surface area contributed by atoms with Crippen molar-refractivity contribution < 1.29 is 19.5 Å². The molecule has 1 heterocycles. The van der Waals surface area contributed by atoms with E-state index in [-0.39, 0.29) is 36.3 Å². The number of aromatic carboxylic acids is 1. The van der Waals surface area contributed by atoms with Crippen LogP contribution in [0.2, 0.25) is 0 Å². The highest BCUT2D eigenvalue weighted by molar-refractivity contribution is 6.02. The lowest BCUT2D eigenvalue weighted by molar-refractivity contribution is -0.121. The summed E-state index contributed by atoms with van der Waals surface area (Å²) in [5.41, 5.74) is -0.466. The van der Waals surface area contributed by atoms with Gasteiger partial charge in [0.05, 0.1) is 6.33 Å². The molecule has 1 rings (SSSR count). The van der Waals surface area contributed by atoms with Gasteiger partial charge in [0.25, 0.3) is 5.91 Å². The standard InChI is InChI=1S/C12H18N4O4/c1-3-7(2)16-8(17)4-5-13-11(18)9-10(12(19)20)15-6-14-9/h6-7H,3-5H2,1-2H3,(H,13,18)(H,14,15)(H,16,17)(H,19,20). The van der Waals surface area contributed by atoms with Gasteiger partial charge in [-0.3, -0.25) is 9.59 Å². The number of hydrogen-bond donors (Lipinski definition) is 4. The first-order valence-corrected chi connectivity index (χ1v) is 6.29. The summed E-state index contributed by atoms with van der Waals surface area (Å²) in [5, 5.41) is 14.0. The first kappa shape index (κ1) is 15.7. The average molecular weight is 282 g/mol. The van der Waals surface area contributed by atoms with Gasteiger partial charge in [0, 0.05) is 19.0 Å². The predicted octanol–water partition coefficient (Wildman–Crippen LogP) is 0.143. The maximum absolute atomic E-state index is 11.7. The normalized spacial score (nSPS) is 11.7. The third kappa shape index (κ3) is 4.38. The van der Waals surface area contributed by atoms with Crippen LogP contribution in [0.1, 0.15) is 47.7 Å². The monoisotopic (exact) mass is 282 g/mol. The van der Waals surface area contributed by atoms with Crippen LogP contribution in [0.4, 0.5) is 0 Å². The van der Waals surface area contributed by atoms with Crippen molar-refractivity contribution in [3.05, 3.63) is 17.7 Å². The fourth-order valence-electron chi connectivity index (χ4n) is 1.45. The maximum atomic E-state index is 11.7. The van der Waals surface area contributed by atoms with Gasteiger partial charge in [0.2, 0.25) is 5.91 Å². The van der Waals surface area contributed by atoms with E-state index < -0.39 is 11.9 Å². The lowest BCUT2D eigenvalue weighted by Crippen LogP contribution is -2.35. The molecule has 0 saturated carbocycles. The Balaban J connectivity index is 2.42. The van der Waals surface area contributed by atoms with Gasteiger partial charge in [0.1, 0.15) is 0 Å². The fourth-order valence-corrected chi connectivity index (χ4v) is 1.45. The van der Waals surface area contributed by atoms with E-state index in [1.165, 1.54) is 0 Å². The molecule has 0 aliphatic heterocycles. The minimum absolute atomic E-state index is 0.0863. The third-order valence-corrected chi connectivity index (χ3v) is 2.73. The van der Waals surface area contributed by atoms with Crippen molar-refractivity contribution in [2.45, 2.75) is 32.7 Å². The zero-order valence-corrected chi connectivity index (χ0v) is 11.4. The summed E-state index contributed by atoms with van der Waals surface area (Å²) < 4.78 is 0. The van der Waals surface area contributed by atoms with E-state index in [1.54, 1.807) is 0 Å². The average Bonchev–Trinajstić information content (AvgIpc) is 2.87. The smallest absolute Gasteiger partial charge is 0.354 e. The number of imidazole rings is 1. The Bertz CT molecular complexity index is 497. The highest BCUT2D eigenvalue weighted by atomic mass is 16.4. The summed E-state index contributed by atoms with van der Waals surface area (Å²) in [6.45, 7) is 3.96. The SMILES string of the molecule is CCC(C)NC(=O)CCNC(=O)c1nc[nH]c1C(=O)O. The number of carbonyl (C=O) groups excluding carboxylic acids is 2. The number of hydrogen-bond acceptors (Lipinski definition) is 4. The second kappa shape index (κ2) is 7.27. The van der Waals surface area contributed by atoms with Crippen LogP contribution in [-0.4, -0.2) is 45.4 Å². The zero-order chi connectivity index (χ0) is 15.1. The number of nitrogens with zero attached hydrogens (tertiary/aromatic N) is 1. The molecule has 1 atom stereocenters. The Morgan fingerprint density at radius 1 is 1.45 bits per heavy atom. The van der Waals surface area contributed by atoms with E-state index in [4.69, 9.17) is 5.11 Å². The minimum Gasteiger partial charge on any atom is -0.477 e. The van der Waals surface area contributed by atoms with Gasteiger partial charge in [-0.15, -0.1) is 0 Å². The van der Waals surface area contributed by atoms with E-state index in [0.29, 0.717) is 0 Å². The molecule has 8 nitrogen and oxygen atoms in total. The van der Waals surface area contributed by atoms with Crippen molar-refractivity contribution in [2.24, 2.45) is 0 Å². The van der Waals surface area contributed by atoms with E-state index >= 15 is 0 Å². The van der Waals surface area contributed by atoms with Crippen molar-refractivity contribution in [1.82, 2.24) is 20.6 Å². The fraction of sp³-hybridized carbons (Fsp3) is 0.500. The van der Waals surface area contributed by atoms with Crippen molar-refractivity contribution in [3.8, 4) is 0 Å². The summed E-state index contributed by atoms with van der Waals surface area (Å²) in [7, 11) is 0. The molecule has 0 aliphatic rings. The van der Waals surface area contributed by atoms with Gasteiger partial charge in [-0.05, 0) is 13.3 Å². The van der Waals surface area contributed by atoms with Gasteiger partial charge < -0.3 is 20.7 Å². The van der Waals surface area contributed by atoms with Crippen LogP contribution in [0.3, 0.4) is 0 Å². The van der Waals surface area contributed by atoms with E-state index in [2.05, 4.69) is 20.6 Å². The zero-order valence-electron chi connectivity index (χ0n) is 11.4. The van der Waals surface area contributed by atoms with Crippen molar-refractivity contribution in [3.63, 3.8) is 0 Å². The molecule has 0 aromatic carbocycles. The first-order valence-electron chi connectivity index (χ1n) is 6.29. The Morgan fingerprint density at radius 2 is 2.15 bits per heavy atom. The number of aromatic nitrogens is 2. The first-order chi connectivity index (χ1) is 9.45. The highest BCUT2D eigenvalue weighted by Gasteiger charge is 2.19. The molecule has 0 saturated heterocycles. The molecule has 2 amide bonds. The maximum Gasteiger partial charge on any atom is 0.354 e. The highest BCUT2D eigenvalue weighted by Crippen LogP contribution is 2.02. The van der Waals surface area contributed by atoms with Crippen molar-refractivity contribution >= 4 is 17.8 Å². The Labute approximate surface area is 116 Å². The number of H-pyrrole nitrogens is 1. The Morgan fingerprint density at radius 3 is 2.75 bits per heavy atom. The lowest BCUT2D eigenvalue weighted by Gasteiger charge is -2.11. The summed E-state index contributed by atoms with van der Waals surface area (Å²) >= 11 is 0. The van der Waals surface area contributed by atoms with Crippen LogP contribution in [0, 0.1) is 0 Å². The number of carboxylic acids is 1. The number of carboxylic acid groups (broad SMARTS) is 1. The Hall–Kier alpha value is -2.38. The van der Waals surface area contributed by atoms with Crippen LogP contribution in [-0.2, 0) is 4.79 Å². The third-order valence-electron chi connectivity index (χ3n) is 2.73. The van der Waals surface area contributed by atoms with E-state index in [9.17, 15) is 14.4 Å². The van der Waals surface area contributed by atoms with Crippen molar-refractivity contribution in [2.75, 3.05) is 6.54 Å². The van der Waals surface area contributed by atoms with Crippen LogP contribution < -0.4 is 10.6 Å². The van der Waals surface area contributed by atoms with Crippen LogP contribution in [0.5, 0.6) is 0 Å². The van der Waals surface area contributed by atoms with Gasteiger partial charge in [-0.2, -0.15) is 0 Å². The molecular formula is C12H18N4O4. The summed E-state index contributed by atoms with van der Waals surface area (Å²) in [4.78, 5) is 40.0. The molecule has 110 valence electrons. The summed E-state index contributed by atoms with van der Waals surface area (Å²) in [6.07, 6.45) is 2.09. The molecule has 0 bridgehead atoms.